The molecule has 4 aromatic rings. The Hall–Kier alpha value is -2.61. The number of fused-ring (bicyclic) bond motifs is 1. The maximum atomic E-state index is 8.21. The fraction of sp³-hybridized carbons (Fsp3) is 0.136. The summed E-state index contributed by atoms with van der Waals surface area (Å²) in [5.74, 6) is 0.996. The van der Waals surface area contributed by atoms with Gasteiger partial charge in [-0.25, -0.2) is 4.98 Å². The molecule has 2 N–H and O–H groups in total. The highest BCUT2D eigenvalue weighted by molar-refractivity contribution is 8.01. The SMILES string of the molecule is CNC(=N)c1cc(C)nc2c(OCc3c(Cl)cncc3Sc3cccs3)cccc12. The van der Waals surface area contributed by atoms with Crippen molar-refractivity contribution in [1.82, 2.24) is 15.3 Å². The molecule has 0 fully saturated rings. The van der Waals surface area contributed by atoms with Gasteiger partial charge in [-0.05, 0) is 30.5 Å². The van der Waals surface area contributed by atoms with Gasteiger partial charge in [-0.1, -0.05) is 41.6 Å². The van der Waals surface area contributed by atoms with E-state index in [0.717, 1.165) is 36.8 Å². The second-order valence-electron chi connectivity index (χ2n) is 6.51. The lowest BCUT2D eigenvalue weighted by Crippen LogP contribution is -2.18. The van der Waals surface area contributed by atoms with Gasteiger partial charge in [-0.15, -0.1) is 11.3 Å². The molecular formula is C22H19ClN4OS2. The van der Waals surface area contributed by atoms with Crippen molar-refractivity contribution in [2.75, 3.05) is 7.05 Å². The molecule has 0 saturated carbocycles. The summed E-state index contributed by atoms with van der Waals surface area (Å²) < 4.78 is 7.36. The van der Waals surface area contributed by atoms with E-state index in [1.54, 1.807) is 36.3 Å². The lowest BCUT2D eigenvalue weighted by atomic mass is 10.1. The Labute approximate surface area is 188 Å². The minimum atomic E-state index is 0.294. The number of para-hydroxylation sites is 1. The van der Waals surface area contributed by atoms with E-state index in [1.165, 1.54) is 0 Å². The van der Waals surface area contributed by atoms with Crippen LogP contribution in [0.5, 0.6) is 5.75 Å². The number of hydrogen-bond acceptors (Lipinski definition) is 6. The van der Waals surface area contributed by atoms with Crippen LogP contribution in [0.3, 0.4) is 0 Å². The highest BCUT2D eigenvalue weighted by Gasteiger charge is 2.15. The van der Waals surface area contributed by atoms with E-state index in [4.69, 9.17) is 21.7 Å². The number of amidine groups is 1. The second-order valence-corrected chi connectivity index (χ2v) is 9.21. The van der Waals surface area contributed by atoms with Crippen LogP contribution < -0.4 is 10.1 Å². The van der Waals surface area contributed by atoms with E-state index in [0.29, 0.717) is 23.2 Å². The molecule has 5 nitrogen and oxygen atoms in total. The predicted molar refractivity (Wildman–Crippen MR) is 124 cm³/mol. The summed E-state index contributed by atoms with van der Waals surface area (Å²) >= 11 is 9.76. The van der Waals surface area contributed by atoms with Crippen molar-refractivity contribution in [3.05, 3.63) is 76.0 Å². The monoisotopic (exact) mass is 454 g/mol. The van der Waals surface area contributed by atoms with Gasteiger partial charge in [0.2, 0.25) is 0 Å². The van der Waals surface area contributed by atoms with Crippen molar-refractivity contribution in [2.24, 2.45) is 0 Å². The van der Waals surface area contributed by atoms with Crippen LogP contribution in [0.25, 0.3) is 10.9 Å². The van der Waals surface area contributed by atoms with Crippen molar-refractivity contribution >= 4 is 51.4 Å². The summed E-state index contributed by atoms with van der Waals surface area (Å²) in [6.45, 7) is 2.21. The molecule has 0 unspecified atom stereocenters. The minimum Gasteiger partial charge on any atom is -0.487 e. The molecule has 3 heterocycles. The average Bonchev–Trinajstić information content (AvgIpc) is 3.25. The van der Waals surface area contributed by atoms with Gasteiger partial charge in [0.15, 0.2) is 0 Å². The van der Waals surface area contributed by atoms with E-state index < -0.39 is 0 Å². The molecule has 0 radical (unpaired) electrons. The second kappa shape index (κ2) is 9.04. The molecule has 0 aliphatic carbocycles. The summed E-state index contributed by atoms with van der Waals surface area (Å²) in [6, 6.07) is 11.7. The number of nitrogens with zero attached hydrogens (tertiary/aromatic N) is 2. The van der Waals surface area contributed by atoms with E-state index >= 15 is 0 Å². The van der Waals surface area contributed by atoms with Gasteiger partial charge >= 0.3 is 0 Å². The number of pyridine rings is 2. The lowest BCUT2D eigenvalue weighted by molar-refractivity contribution is 0.306. The zero-order valence-corrected chi connectivity index (χ0v) is 18.8. The van der Waals surface area contributed by atoms with Crippen LogP contribution in [0.2, 0.25) is 5.02 Å². The summed E-state index contributed by atoms with van der Waals surface area (Å²) in [6.07, 6.45) is 3.45. The van der Waals surface area contributed by atoms with Crippen molar-refractivity contribution in [2.45, 2.75) is 22.6 Å². The topological polar surface area (TPSA) is 70.9 Å². The van der Waals surface area contributed by atoms with Gasteiger partial charge in [0.1, 0.15) is 23.7 Å². The van der Waals surface area contributed by atoms with Gasteiger partial charge < -0.3 is 10.1 Å². The quantitative estimate of drug-likeness (QED) is 0.279. The Morgan fingerprint density at radius 3 is 2.90 bits per heavy atom. The van der Waals surface area contributed by atoms with E-state index in [9.17, 15) is 0 Å². The molecule has 0 bridgehead atoms. The van der Waals surface area contributed by atoms with Gasteiger partial charge in [-0.2, -0.15) is 0 Å². The van der Waals surface area contributed by atoms with Gasteiger partial charge in [0.25, 0.3) is 0 Å². The van der Waals surface area contributed by atoms with Crippen LogP contribution in [0.4, 0.5) is 0 Å². The number of benzene rings is 1. The van der Waals surface area contributed by atoms with Gasteiger partial charge in [-0.3, -0.25) is 10.4 Å². The molecule has 8 heteroatoms. The first kappa shape index (κ1) is 20.7. The summed E-state index contributed by atoms with van der Waals surface area (Å²) in [4.78, 5) is 9.87. The summed E-state index contributed by atoms with van der Waals surface area (Å²) in [5, 5.41) is 14.6. The van der Waals surface area contributed by atoms with Crippen LogP contribution in [0, 0.1) is 12.3 Å². The smallest absolute Gasteiger partial charge is 0.146 e. The molecule has 0 aliphatic heterocycles. The van der Waals surface area contributed by atoms with Crippen LogP contribution in [0.1, 0.15) is 16.8 Å². The zero-order chi connectivity index (χ0) is 21.1. The van der Waals surface area contributed by atoms with Crippen molar-refractivity contribution in [1.29, 1.82) is 5.41 Å². The molecular weight excluding hydrogens is 436 g/mol. The number of ether oxygens (including phenoxy) is 1. The van der Waals surface area contributed by atoms with Gasteiger partial charge in [0.05, 0.1) is 9.23 Å². The lowest BCUT2D eigenvalue weighted by Gasteiger charge is -2.14. The standard InChI is InChI=1S/C22H19ClN4OS2/c1-13-9-15(22(24)25-2)14-5-3-6-18(21(14)27-13)28-12-16-17(23)10-26-11-19(16)30-20-7-4-8-29-20/h3-11H,12H2,1-2H3,(H2,24,25). The minimum absolute atomic E-state index is 0.294. The maximum absolute atomic E-state index is 8.21. The third-order valence-electron chi connectivity index (χ3n) is 4.49. The van der Waals surface area contributed by atoms with Gasteiger partial charge in [0, 0.05) is 46.5 Å². The molecule has 152 valence electrons. The number of thiophene rings is 1. The fourth-order valence-electron chi connectivity index (χ4n) is 3.06. The molecule has 4 rings (SSSR count). The molecule has 30 heavy (non-hydrogen) atoms. The molecule has 0 atom stereocenters. The number of hydrogen-bond donors (Lipinski definition) is 2. The highest BCUT2D eigenvalue weighted by Crippen LogP contribution is 2.36. The van der Waals surface area contributed by atoms with E-state index in [-0.39, 0.29) is 0 Å². The molecule has 0 spiro atoms. The van der Waals surface area contributed by atoms with Crippen LogP contribution in [0.15, 0.2) is 63.3 Å². The molecule has 0 amide bonds. The van der Waals surface area contributed by atoms with E-state index in [1.807, 2.05) is 48.8 Å². The number of aryl methyl sites for hydroxylation is 1. The Morgan fingerprint density at radius 1 is 1.27 bits per heavy atom. The molecule has 0 saturated heterocycles. The normalized spacial score (nSPS) is 10.9. The molecule has 0 aliphatic rings. The third-order valence-corrected chi connectivity index (χ3v) is 6.93. The Kier molecular flexibility index (Phi) is 6.22. The number of halogens is 1. The fourth-order valence-corrected chi connectivity index (χ4v) is 5.17. The summed E-state index contributed by atoms with van der Waals surface area (Å²) in [5.41, 5.74) is 3.23. The van der Waals surface area contributed by atoms with Crippen molar-refractivity contribution < 1.29 is 4.74 Å². The van der Waals surface area contributed by atoms with Crippen molar-refractivity contribution in [3.8, 4) is 5.75 Å². The Bertz CT molecular complexity index is 1210. The first-order chi connectivity index (χ1) is 14.6. The Balaban J connectivity index is 1.68. The van der Waals surface area contributed by atoms with Crippen LogP contribution in [-0.4, -0.2) is 22.9 Å². The number of rotatable bonds is 6. The average molecular weight is 455 g/mol. The maximum Gasteiger partial charge on any atom is 0.146 e. The highest BCUT2D eigenvalue weighted by atomic mass is 35.5. The molecule has 1 aromatic carbocycles. The Morgan fingerprint density at radius 2 is 2.13 bits per heavy atom. The number of nitrogens with one attached hydrogen (secondary N) is 2. The summed E-state index contributed by atoms with van der Waals surface area (Å²) in [7, 11) is 1.74. The third kappa shape index (κ3) is 4.28. The van der Waals surface area contributed by atoms with Crippen LogP contribution in [-0.2, 0) is 6.61 Å². The van der Waals surface area contributed by atoms with Crippen LogP contribution >= 0.6 is 34.7 Å². The zero-order valence-electron chi connectivity index (χ0n) is 16.4. The van der Waals surface area contributed by atoms with E-state index in [2.05, 4.69) is 21.4 Å². The largest absolute Gasteiger partial charge is 0.487 e. The molecule has 3 aromatic heterocycles. The number of aromatic nitrogens is 2. The first-order valence-corrected chi connectivity index (χ1v) is 11.3. The first-order valence-electron chi connectivity index (χ1n) is 9.20. The van der Waals surface area contributed by atoms with Crippen molar-refractivity contribution in [3.63, 3.8) is 0 Å². The predicted octanol–water partition coefficient (Wildman–Crippen LogP) is 5.93.